The van der Waals surface area contributed by atoms with Gasteiger partial charge in [0.15, 0.2) is 0 Å². The Morgan fingerprint density at radius 3 is 2.00 bits per heavy atom. The van der Waals surface area contributed by atoms with Crippen molar-refractivity contribution in [3.63, 3.8) is 0 Å². The van der Waals surface area contributed by atoms with Gasteiger partial charge in [0.1, 0.15) is 0 Å². The lowest BCUT2D eigenvalue weighted by Gasteiger charge is -2.17. The number of hydrogen-bond donors (Lipinski definition) is 0. The van der Waals surface area contributed by atoms with Crippen LogP contribution in [0.5, 0.6) is 0 Å². The van der Waals surface area contributed by atoms with E-state index >= 15 is 0 Å². The van der Waals surface area contributed by atoms with Crippen molar-refractivity contribution < 1.29 is 0 Å². The van der Waals surface area contributed by atoms with Gasteiger partial charge >= 0.3 is 0 Å². The van der Waals surface area contributed by atoms with Gasteiger partial charge in [-0.3, -0.25) is 0 Å². The van der Waals surface area contributed by atoms with E-state index in [0.717, 1.165) is 11.1 Å². The van der Waals surface area contributed by atoms with Crippen molar-refractivity contribution in [2.75, 3.05) is 0 Å². The van der Waals surface area contributed by atoms with E-state index in [0.29, 0.717) is 10.0 Å². The summed E-state index contributed by atoms with van der Waals surface area (Å²) in [5.74, 6) is 0. The van der Waals surface area contributed by atoms with Crippen molar-refractivity contribution in [3.8, 4) is 33.4 Å². The number of halogens is 2. The second kappa shape index (κ2) is 5.76. The molecule has 0 saturated heterocycles. The molecule has 0 heterocycles. The smallest absolute Gasteiger partial charge is 0.0499 e. The molecule has 6 aromatic rings. The summed E-state index contributed by atoms with van der Waals surface area (Å²) >= 11 is 12.9. The minimum atomic E-state index is 0.652. The van der Waals surface area contributed by atoms with Crippen LogP contribution in [0.3, 0.4) is 0 Å². The third-order valence-corrected chi connectivity index (χ3v) is 7.02. The van der Waals surface area contributed by atoms with Crippen molar-refractivity contribution in [2.45, 2.75) is 0 Å². The molecule has 1 aliphatic carbocycles. The van der Waals surface area contributed by atoms with Gasteiger partial charge in [0, 0.05) is 15.6 Å². The molecule has 0 spiro atoms. The number of hydrogen-bond acceptors (Lipinski definition) is 0. The molecule has 6 aromatic carbocycles. The number of benzene rings is 6. The van der Waals surface area contributed by atoms with E-state index in [1.165, 1.54) is 54.6 Å². The van der Waals surface area contributed by atoms with Gasteiger partial charge in [-0.2, -0.15) is 0 Å². The lowest BCUT2D eigenvalue weighted by Crippen LogP contribution is -1.89. The Hall–Kier alpha value is -3.06. The van der Waals surface area contributed by atoms with Gasteiger partial charge < -0.3 is 0 Å². The molecule has 7 rings (SSSR count). The van der Waals surface area contributed by atoms with Crippen LogP contribution in [0, 0.1) is 0 Å². The zero-order valence-corrected chi connectivity index (χ0v) is 17.4. The van der Waals surface area contributed by atoms with E-state index in [9.17, 15) is 0 Å². The molecular formula is C28H14Cl2. The highest BCUT2D eigenvalue weighted by Crippen LogP contribution is 2.54. The summed E-state index contributed by atoms with van der Waals surface area (Å²) in [6.07, 6.45) is 0. The fourth-order valence-corrected chi connectivity index (χ4v) is 5.77. The van der Waals surface area contributed by atoms with E-state index in [4.69, 9.17) is 23.2 Å². The van der Waals surface area contributed by atoms with Crippen LogP contribution in [0.4, 0.5) is 0 Å². The number of fused-ring (bicyclic) bond motifs is 3. The minimum Gasteiger partial charge on any atom is -0.0843 e. The standard InChI is InChI=1S/C28H14Cl2/c29-17-9-11-20(25(30)13-17)22-14-24-19-7-2-1-6-18(19)23-12-16-5-3-4-15-8-10-21(22)28(26(15)16)27(23)24/h1-14H. The molecular weight excluding hydrogens is 407 g/mol. The molecule has 0 saturated carbocycles. The highest BCUT2D eigenvalue weighted by molar-refractivity contribution is 6.38. The normalized spacial score (nSPS) is 12.3. The lowest BCUT2D eigenvalue weighted by molar-refractivity contribution is 1.65. The van der Waals surface area contributed by atoms with Crippen LogP contribution in [-0.2, 0) is 0 Å². The van der Waals surface area contributed by atoms with Gasteiger partial charge in [0.05, 0.1) is 0 Å². The van der Waals surface area contributed by atoms with Crippen molar-refractivity contribution in [2.24, 2.45) is 0 Å². The highest BCUT2D eigenvalue weighted by atomic mass is 35.5. The molecule has 0 atom stereocenters. The molecule has 0 fully saturated rings. The van der Waals surface area contributed by atoms with Crippen LogP contribution in [0.25, 0.3) is 65.7 Å². The van der Waals surface area contributed by atoms with Gasteiger partial charge in [-0.15, -0.1) is 0 Å². The van der Waals surface area contributed by atoms with Crippen molar-refractivity contribution in [1.29, 1.82) is 0 Å². The summed E-state index contributed by atoms with van der Waals surface area (Å²) in [7, 11) is 0. The summed E-state index contributed by atoms with van der Waals surface area (Å²) in [6, 6.07) is 30.2. The third kappa shape index (κ3) is 2.03. The maximum atomic E-state index is 6.68. The molecule has 0 nitrogen and oxygen atoms in total. The first-order chi connectivity index (χ1) is 14.7. The molecule has 0 bridgehead atoms. The second-order valence-corrected chi connectivity index (χ2v) is 8.85. The fourth-order valence-electron chi connectivity index (χ4n) is 5.26. The van der Waals surface area contributed by atoms with Gasteiger partial charge in [0.2, 0.25) is 0 Å². The van der Waals surface area contributed by atoms with Crippen LogP contribution >= 0.6 is 23.2 Å². The molecule has 0 unspecified atom stereocenters. The molecule has 140 valence electrons. The van der Waals surface area contributed by atoms with Crippen molar-refractivity contribution >= 4 is 55.5 Å². The van der Waals surface area contributed by atoms with Crippen LogP contribution in [0.1, 0.15) is 0 Å². The Balaban J connectivity index is 1.77. The quantitative estimate of drug-likeness (QED) is 0.232. The van der Waals surface area contributed by atoms with E-state index in [-0.39, 0.29) is 0 Å². The summed E-state index contributed by atoms with van der Waals surface area (Å²) in [5.41, 5.74) is 7.37. The van der Waals surface area contributed by atoms with Crippen LogP contribution < -0.4 is 0 Å². The topological polar surface area (TPSA) is 0 Å². The van der Waals surface area contributed by atoms with E-state index in [2.05, 4.69) is 66.7 Å². The molecule has 2 heteroatoms. The molecule has 1 aliphatic rings. The summed E-state index contributed by atoms with van der Waals surface area (Å²) in [6.45, 7) is 0. The molecule has 0 aliphatic heterocycles. The zero-order chi connectivity index (χ0) is 20.0. The van der Waals surface area contributed by atoms with Crippen LogP contribution in [0.15, 0.2) is 84.9 Å². The zero-order valence-electron chi connectivity index (χ0n) is 15.8. The highest BCUT2D eigenvalue weighted by Gasteiger charge is 2.26. The Labute approximate surface area is 183 Å². The third-order valence-electron chi connectivity index (χ3n) is 6.47. The van der Waals surface area contributed by atoms with E-state index < -0.39 is 0 Å². The first-order valence-corrected chi connectivity index (χ1v) is 10.8. The maximum absolute atomic E-state index is 6.68. The predicted octanol–water partition coefficient (Wildman–Crippen LogP) is 9.21. The Morgan fingerprint density at radius 2 is 1.20 bits per heavy atom. The Bertz CT molecular complexity index is 1660. The van der Waals surface area contributed by atoms with E-state index in [1.807, 2.05) is 18.2 Å². The van der Waals surface area contributed by atoms with Gasteiger partial charge in [-0.1, -0.05) is 83.9 Å². The predicted molar refractivity (Wildman–Crippen MR) is 130 cm³/mol. The largest absolute Gasteiger partial charge is 0.0843 e. The number of rotatable bonds is 1. The molecule has 30 heavy (non-hydrogen) atoms. The summed E-state index contributed by atoms with van der Waals surface area (Å²) in [4.78, 5) is 0. The second-order valence-electron chi connectivity index (χ2n) is 8.01. The molecule has 0 amide bonds. The maximum Gasteiger partial charge on any atom is 0.0499 e. The van der Waals surface area contributed by atoms with Gasteiger partial charge in [-0.25, -0.2) is 0 Å². The van der Waals surface area contributed by atoms with Gasteiger partial charge in [-0.05, 0) is 84.4 Å². The van der Waals surface area contributed by atoms with Crippen LogP contribution in [-0.4, -0.2) is 0 Å². The molecule has 0 N–H and O–H groups in total. The molecule has 0 radical (unpaired) electrons. The molecule has 0 aromatic heterocycles. The fraction of sp³-hybridized carbons (Fsp3) is 0. The SMILES string of the molecule is Clc1ccc(-c2cc3c4c(cc5cccc6ccc2c4c65)-c2ccccc2-3)c(Cl)c1. The lowest BCUT2D eigenvalue weighted by atomic mass is 9.87. The van der Waals surface area contributed by atoms with E-state index in [1.54, 1.807) is 0 Å². The Kier molecular flexibility index (Phi) is 3.21. The minimum absolute atomic E-state index is 0.652. The monoisotopic (exact) mass is 420 g/mol. The average Bonchev–Trinajstić information content (AvgIpc) is 3.08. The Morgan fingerprint density at radius 1 is 0.433 bits per heavy atom. The van der Waals surface area contributed by atoms with Crippen molar-refractivity contribution in [1.82, 2.24) is 0 Å². The van der Waals surface area contributed by atoms with Gasteiger partial charge in [0.25, 0.3) is 0 Å². The first kappa shape index (κ1) is 16.7. The first-order valence-electron chi connectivity index (χ1n) is 10.0. The average molecular weight is 421 g/mol. The summed E-state index contributed by atoms with van der Waals surface area (Å²) < 4.78 is 0. The van der Waals surface area contributed by atoms with Crippen LogP contribution in [0.2, 0.25) is 10.0 Å². The van der Waals surface area contributed by atoms with Crippen molar-refractivity contribution in [3.05, 3.63) is 95.0 Å². The summed E-state index contributed by atoms with van der Waals surface area (Å²) in [5, 5.41) is 9.12.